The fourth-order valence-electron chi connectivity index (χ4n) is 0.728. The zero-order chi connectivity index (χ0) is 11.0. The highest BCUT2D eigenvalue weighted by Gasteiger charge is 2.13. The summed E-state index contributed by atoms with van der Waals surface area (Å²) in [5.74, 6) is -2.41. The van der Waals surface area contributed by atoms with Gasteiger partial charge >= 0.3 is 5.97 Å². The second-order valence-corrected chi connectivity index (χ2v) is 2.38. The Hall–Kier alpha value is -1.90. The third-order valence-corrected chi connectivity index (χ3v) is 1.33. The van der Waals surface area contributed by atoms with Gasteiger partial charge in [0, 0.05) is 5.57 Å². The molecule has 74 valence electrons. The molecule has 0 aliphatic heterocycles. The predicted octanol–water partition coefficient (Wildman–Crippen LogP) is 1.88. The number of hydrogen-bond acceptors (Lipinski definition) is 2. The molecular weight excluding hydrogens is 180 g/mol. The normalized spacial score (nSPS) is 12.2. The van der Waals surface area contributed by atoms with Gasteiger partial charge < -0.3 is 5.11 Å². The SMILES string of the molecule is C=C\C=C(/C=C\C=C/C)C(=O)C(=O)O. The van der Waals surface area contributed by atoms with E-state index in [1.807, 2.05) is 6.92 Å². The van der Waals surface area contributed by atoms with Gasteiger partial charge in [0.2, 0.25) is 0 Å². The number of carboxylic acids is 1. The maximum absolute atomic E-state index is 11.0. The van der Waals surface area contributed by atoms with Crippen LogP contribution in [0.1, 0.15) is 6.92 Å². The molecule has 14 heavy (non-hydrogen) atoms. The van der Waals surface area contributed by atoms with E-state index in [1.54, 1.807) is 18.2 Å². The standard InChI is InChI=1S/C11H12O3/c1-3-5-6-8-9(7-4-2)10(12)11(13)14/h3-8H,2H2,1H3,(H,13,14)/b5-3-,8-6-,9-7+. The highest BCUT2D eigenvalue weighted by molar-refractivity contribution is 6.40. The topological polar surface area (TPSA) is 54.4 Å². The smallest absolute Gasteiger partial charge is 0.377 e. The third-order valence-electron chi connectivity index (χ3n) is 1.33. The van der Waals surface area contributed by atoms with Crippen molar-refractivity contribution in [2.45, 2.75) is 6.92 Å². The Morgan fingerprint density at radius 3 is 2.36 bits per heavy atom. The first-order valence-electron chi connectivity index (χ1n) is 4.03. The molecule has 0 heterocycles. The van der Waals surface area contributed by atoms with Crippen LogP contribution in [0, 0.1) is 0 Å². The molecule has 0 bridgehead atoms. The first-order valence-corrected chi connectivity index (χ1v) is 4.03. The second kappa shape index (κ2) is 6.60. The maximum atomic E-state index is 11.0. The van der Waals surface area contributed by atoms with Crippen LogP contribution in [0.3, 0.4) is 0 Å². The van der Waals surface area contributed by atoms with E-state index in [2.05, 4.69) is 6.58 Å². The minimum Gasteiger partial charge on any atom is -0.475 e. The molecule has 0 aromatic heterocycles. The van der Waals surface area contributed by atoms with Gasteiger partial charge in [0.1, 0.15) is 0 Å². The third kappa shape index (κ3) is 4.21. The van der Waals surface area contributed by atoms with Crippen LogP contribution in [0.25, 0.3) is 0 Å². The Balaban J connectivity index is 4.79. The lowest BCUT2D eigenvalue weighted by Crippen LogP contribution is -2.13. The average molecular weight is 192 g/mol. The summed E-state index contributed by atoms with van der Waals surface area (Å²) in [4.78, 5) is 21.4. The summed E-state index contributed by atoms with van der Waals surface area (Å²) in [6.07, 6.45) is 9.22. The van der Waals surface area contributed by atoms with E-state index in [0.717, 1.165) is 0 Å². The van der Waals surface area contributed by atoms with Crippen molar-refractivity contribution in [1.29, 1.82) is 0 Å². The van der Waals surface area contributed by atoms with E-state index in [1.165, 1.54) is 18.2 Å². The molecule has 3 heteroatoms. The predicted molar refractivity (Wildman–Crippen MR) is 54.9 cm³/mol. The van der Waals surface area contributed by atoms with Crippen molar-refractivity contribution in [3.05, 3.63) is 48.6 Å². The Morgan fingerprint density at radius 2 is 1.93 bits per heavy atom. The minimum absolute atomic E-state index is 0.102. The van der Waals surface area contributed by atoms with Crippen LogP contribution in [-0.2, 0) is 9.59 Å². The number of allylic oxidation sites excluding steroid dienone is 6. The number of Topliss-reactive ketones (excluding diaryl/α,β-unsaturated/α-hetero) is 1. The first kappa shape index (κ1) is 12.1. The van der Waals surface area contributed by atoms with Crippen LogP contribution in [0.15, 0.2) is 48.6 Å². The van der Waals surface area contributed by atoms with Crippen LogP contribution < -0.4 is 0 Å². The van der Waals surface area contributed by atoms with Gasteiger partial charge in [0.15, 0.2) is 0 Å². The van der Waals surface area contributed by atoms with Crippen LogP contribution in [0.5, 0.6) is 0 Å². The van der Waals surface area contributed by atoms with Crippen molar-refractivity contribution in [3.8, 4) is 0 Å². The van der Waals surface area contributed by atoms with Crippen molar-refractivity contribution >= 4 is 11.8 Å². The van der Waals surface area contributed by atoms with Gasteiger partial charge in [0.05, 0.1) is 0 Å². The van der Waals surface area contributed by atoms with Gasteiger partial charge in [-0.1, -0.05) is 43.0 Å². The van der Waals surface area contributed by atoms with Crippen molar-refractivity contribution in [2.24, 2.45) is 0 Å². The summed E-state index contributed by atoms with van der Waals surface area (Å²) in [7, 11) is 0. The summed E-state index contributed by atoms with van der Waals surface area (Å²) in [5.41, 5.74) is 0.102. The van der Waals surface area contributed by atoms with Gasteiger partial charge in [-0.3, -0.25) is 4.79 Å². The molecule has 0 amide bonds. The number of carboxylic acid groups (broad SMARTS) is 1. The quantitative estimate of drug-likeness (QED) is 0.411. The fraction of sp³-hybridized carbons (Fsp3) is 0.0909. The number of carbonyl (C=O) groups excluding carboxylic acids is 1. The fourth-order valence-corrected chi connectivity index (χ4v) is 0.728. The molecule has 0 unspecified atom stereocenters. The minimum atomic E-state index is -1.47. The number of rotatable bonds is 5. The van der Waals surface area contributed by atoms with Crippen molar-refractivity contribution in [1.82, 2.24) is 0 Å². The van der Waals surface area contributed by atoms with E-state index in [-0.39, 0.29) is 5.57 Å². The Labute approximate surface area is 82.7 Å². The zero-order valence-electron chi connectivity index (χ0n) is 7.93. The molecule has 0 radical (unpaired) electrons. The molecule has 0 saturated carbocycles. The monoisotopic (exact) mass is 192 g/mol. The molecule has 3 nitrogen and oxygen atoms in total. The van der Waals surface area contributed by atoms with E-state index in [0.29, 0.717) is 0 Å². The number of hydrogen-bond donors (Lipinski definition) is 1. The van der Waals surface area contributed by atoms with Crippen molar-refractivity contribution in [2.75, 3.05) is 0 Å². The summed E-state index contributed by atoms with van der Waals surface area (Å²) >= 11 is 0. The van der Waals surface area contributed by atoms with Gasteiger partial charge in [-0.2, -0.15) is 0 Å². The summed E-state index contributed by atoms with van der Waals surface area (Å²) < 4.78 is 0. The van der Waals surface area contributed by atoms with Crippen LogP contribution in [-0.4, -0.2) is 16.9 Å². The molecule has 0 rings (SSSR count). The van der Waals surface area contributed by atoms with E-state index in [9.17, 15) is 9.59 Å². The highest BCUT2D eigenvalue weighted by atomic mass is 16.4. The molecule has 0 aliphatic carbocycles. The molecule has 1 N–H and O–H groups in total. The van der Waals surface area contributed by atoms with E-state index < -0.39 is 11.8 Å². The molecule has 0 saturated heterocycles. The van der Waals surface area contributed by atoms with Gasteiger partial charge in [-0.15, -0.1) is 0 Å². The van der Waals surface area contributed by atoms with Crippen LogP contribution in [0.2, 0.25) is 0 Å². The van der Waals surface area contributed by atoms with Gasteiger partial charge in [-0.05, 0) is 6.92 Å². The maximum Gasteiger partial charge on any atom is 0.377 e. The van der Waals surface area contributed by atoms with E-state index in [4.69, 9.17) is 5.11 Å². The molecule has 0 aromatic carbocycles. The Morgan fingerprint density at radius 1 is 1.29 bits per heavy atom. The first-order chi connectivity index (χ1) is 6.63. The summed E-state index contributed by atoms with van der Waals surface area (Å²) in [6, 6.07) is 0. The summed E-state index contributed by atoms with van der Waals surface area (Å²) in [5, 5.41) is 8.46. The molecule has 0 aliphatic rings. The molecule has 0 spiro atoms. The lowest BCUT2D eigenvalue weighted by Gasteiger charge is -1.93. The number of ketones is 1. The molecule has 0 fully saturated rings. The Kier molecular flexibility index (Phi) is 5.70. The summed E-state index contributed by atoms with van der Waals surface area (Å²) in [6.45, 7) is 5.22. The lowest BCUT2D eigenvalue weighted by atomic mass is 10.1. The van der Waals surface area contributed by atoms with E-state index >= 15 is 0 Å². The van der Waals surface area contributed by atoms with Gasteiger partial charge in [0.25, 0.3) is 5.78 Å². The lowest BCUT2D eigenvalue weighted by molar-refractivity contribution is -0.147. The van der Waals surface area contributed by atoms with Gasteiger partial charge in [-0.25, -0.2) is 4.79 Å². The van der Waals surface area contributed by atoms with Crippen molar-refractivity contribution < 1.29 is 14.7 Å². The van der Waals surface area contributed by atoms with Crippen LogP contribution >= 0.6 is 0 Å². The molecule has 0 atom stereocenters. The van der Waals surface area contributed by atoms with Crippen LogP contribution in [0.4, 0.5) is 0 Å². The Bertz CT molecular complexity index is 319. The second-order valence-electron chi connectivity index (χ2n) is 2.38. The zero-order valence-corrected chi connectivity index (χ0v) is 7.93. The van der Waals surface area contributed by atoms with Crippen molar-refractivity contribution in [3.63, 3.8) is 0 Å². The number of carbonyl (C=O) groups is 2. The molecule has 0 aromatic rings. The largest absolute Gasteiger partial charge is 0.475 e. The number of aliphatic carboxylic acids is 1. The highest BCUT2D eigenvalue weighted by Crippen LogP contribution is 2.00. The molecular formula is C11H12O3. The average Bonchev–Trinajstić information content (AvgIpc) is 2.15.